The quantitative estimate of drug-likeness (QED) is 0.589. The zero-order valence-corrected chi connectivity index (χ0v) is 13.1. The van der Waals surface area contributed by atoms with E-state index in [0.717, 1.165) is 12.1 Å². The van der Waals surface area contributed by atoms with Crippen molar-refractivity contribution in [2.75, 3.05) is 13.2 Å². The minimum Gasteiger partial charge on any atom is -0.456 e. The summed E-state index contributed by atoms with van der Waals surface area (Å²) in [6.45, 7) is 0.697. The number of ether oxygens (including phenoxy) is 2. The van der Waals surface area contributed by atoms with Gasteiger partial charge in [-0.15, -0.1) is 0 Å². The maximum Gasteiger partial charge on any atom is 0.341 e. The predicted octanol–water partition coefficient (Wildman–Crippen LogP) is 2.46. The summed E-state index contributed by atoms with van der Waals surface area (Å²) in [5, 5.41) is 0. The van der Waals surface area contributed by atoms with Crippen LogP contribution in [0.3, 0.4) is 0 Å². The van der Waals surface area contributed by atoms with Crippen LogP contribution in [-0.2, 0) is 18.5 Å². The third-order valence-electron chi connectivity index (χ3n) is 2.65. The molecule has 0 N–H and O–H groups in total. The van der Waals surface area contributed by atoms with Gasteiger partial charge in [-0.05, 0) is 12.1 Å². The lowest BCUT2D eigenvalue weighted by molar-refractivity contribution is 0.0265. The normalized spacial score (nSPS) is 19.1. The van der Waals surface area contributed by atoms with E-state index in [2.05, 4.69) is 15.9 Å². The molecule has 1 unspecified atom stereocenters. The molecule has 1 aromatic rings. The Bertz CT molecular complexity index is 642. The van der Waals surface area contributed by atoms with Crippen molar-refractivity contribution in [3.05, 3.63) is 28.0 Å². The van der Waals surface area contributed by atoms with E-state index in [0.29, 0.717) is 13.0 Å². The molecule has 0 saturated carbocycles. The van der Waals surface area contributed by atoms with Crippen molar-refractivity contribution >= 4 is 41.6 Å². The molecule has 1 aliphatic heterocycles. The van der Waals surface area contributed by atoms with Gasteiger partial charge in [0.15, 0.2) is 5.82 Å². The fourth-order valence-corrected chi connectivity index (χ4v) is 3.25. The van der Waals surface area contributed by atoms with Crippen molar-refractivity contribution in [2.24, 2.45) is 0 Å². The largest absolute Gasteiger partial charge is 0.456 e. The van der Waals surface area contributed by atoms with E-state index in [-0.39, 0.29) is 11.1 Å². The first kappa shape index (κ1) is 15.7. The van der Waals surface area contributed by atoms with Gasteiger partial charge in [0.05, 0.1) is 18.8 Å². The van der Waals surface area contributed by atoms with Crippen LogP contribution >= 0.6 is 26.6 Å². The molecule has 0 aromatic heterocycles. The van der Waals surface area contributed by atoms with Crippen LogP contribution in [0.2, 0.25) is 0 Å². The summed E-state index contributed by atoms with van der Waals surface area (Å²) in [6.07, 6.45) is 0.0547. The van der Waals surface area contributed by atoms with E-state index in [9.17, 15) is 17.6 Å². The second-order valence-corrected chi connectivity index (χ2v) is 7.54. The highest BCUT2D eigenvalue weighted by atomic mass is 79.9. The molecule has 1 fully saturated rings. The predicted molar refractivity (Wildman–Crippen MR) is 71.8 cm³/mol. The Balaban J connectivity index is 2.36. The fraction of sp³-hybridized carbons (Fsp3) is 0.364. The van der Waals surface area contributed by atoms with E-state index in [1.807, 2.05) is 0 Å². The highest BCUT2D eigenvalue weighted by Gasteiger charge is 2.27. The van der Waals surface area contributed by atoms with Gasteiger partial charge in [0, 0.05) is 21.6 Å². The van der Waals surface area contributed by atoms with Gasteiger partial charge in [-0.3, -0.25) is 0 Å². The topological polar surface area (TPSA) is 69.7 Å². The van der Waals surface area contributed by atoms with Gasteiger partial charge in [-0.2, -0.15) is 0 Å². The molecule has 0 spiro atoms. The van der Waals surface area contributed by atoms with E-state index >= 15 is 0 Å². The molecule has 1 aliphatic rings. The first-order chi connectivity index (χ1) is 9.29. The van der Waals surface area contributed by atoms with Gasteiger partial charge in [-0.1, -0.05) is 15.9 Å². The molecule has 1 aromatic carbocycles. The van der Waals surface area contributed by atoms with Crippen LogP contribution in [0.1, 0.15) is 16.8 Å². The minimum absolute atomic E-state index is 0.202. The molecule has 5 nitrogen and oxygen atoms in total. The average molecular weight is 388 g/mol. The van der Waals surface area contributed by atoms with Crippen molar-refractivity contribution in [2.45, 2.75) is 17.4 Å². The van der Waals surface area contributed by atoms with Crippen LogP contribution in [-0.4, -0.2) is 33.7 Å². The summed E-state index contributed by atoms with van der Waals surface area (Å²) >= 11 is 3.00. The first-order valence-corrected chi connectivity index (χ1v) is 8.61. The minimum atomic E-state index is -4.30. The molecular formula is C11H9BrClFO5S. The lowest BCUT2D eigenvalue weighted by atomic mass is 10.2. The smallest absolute Gasteiger partial charge is 0.341 e. The lowest BCUT2D eigenvalue weighted by Crippen LogP contribution is -2.19. The van der Waals surface area contributed by atoms with Gasteiger partial charge in [0.2, 0.25) is 0 Å². The van der Waals surface area contributed by atoms with Crippen molar-refractivity contribution in [3.63, 3.8) is 0 Å². The SMILES string of the molecule is O=C(OC1CCOC1)c1cc(Br)cc(S(=O)(=O)Cl)c1F. The molecule has 0 aliphatic carbocycles. The number of hydrogen-bond acceptors (Lipinski definition) is 5. The molecule has 0 radical (unpaired) electrons. The molecule has 2 rings (SSSR count). The molecule has 0 bridgehead atoms. The zero-order valence-electron chi connectivity index (χ0n) is 9.94. The molecule has 1 saturated heterocycles. The third-order valence-corrected chi connectivity index (χ3v) is 4.43. The van der Waals surface area contributed by atoms with E-state index in [4.69, 9.17) is 20.2 Å². The van der Waals surface area contributed by atoms with Crippen LogP contribution in [0.15, 0.2) is 21.5 Å². The molecule has 1 heterocycles. The van der Waals surface area contributed by atoms with Gasteiger partial charge in [0.1, 0.15) is 11.0 Å². The summed E-state index contributed by atoms with van der Waals surface area (Å²) in [4.78, 5) is 11.1. The van der Waals surface area contributed by atoms with Gasteiger partial charge in [-0.25, -0.2) is 17.6 Å². The van der Waals surface area contributed by atoms with E-state index in [1.54, 1.807) is 0 Å². The van der Waals surface area contributed by atoms with Crippen molar-refractivity contribution in [1.82, 2.24) is 0 Å². The van der Waals surface area contributed by atoms with Crippen LogP contribution in [0, 0.1) is 5.82 Å². The summed E-state index contributed by atoms with van der Waals surface area (Å²) in [5.41, 5.74) is -0.495. The number of carbonyl (C=O) groups excluding carboxylic acids is 1. The second kappa shape index (κ2) is 5.97. The molecule has 9 heteroatoms. The first-order valence-electron chi connectivity index (χ1n) is 5.51. The third kappa shape index (κ3) is 3.49. The molecule has 110 valence electrons. The number of carbonyl (C=O) groups is 1. The number of rotatable bonds is 3. The Labute approximate surface area is 127 Å². The van der Waals surface area contributed by atoms with Crippen LogP contribution in [0.25, 0.3) is 0 Å². The number of hydrogen-bond donors (Lipinski definition) is 0. The second-order valence-electron chi connectivity index (χ2n) is 4.09. The van der Waals surface area contributed by atoms with Crippen LogP contribution in [0.5, 0.6) is 0 Å². The summed E-state index contributed by atoms with van der Waals surface area (Å²) in [5.74, 6) is -2.19. The van der Waals surface area contributed by atoms with Crippen LogP contribution in [0.4, 0.5) is 4.39 Å². The van der Waals surface area contributed by atoms with Gasteiger partial charge in [0.25, 0.3) is 9.05 Å². The van der Waals surface area contributed by atoms with Crippen molar-refractivity contribution < 1.29 is 27.1 Å². The Morgan fingerprint density at radius 3 is 2.75 bits per heavy atom. The van der Waals surface area contributed by atoms with Gasteiger partial charge >= 0.3 is 5.97 Å². The number of benzene rings is 1. The number of halogens is 3. The Morgan fingerprint density at radius 2 is 2.20 bits per heavy atom. The van der Waals surface area contributed by atoms with E-state index < -0.39 is 37.4 Å². The van der Waals surface area contributed by atoms with Gasteiger partial charge < -0.3 is 9.47 Å². The van der Waals surface area contributed by atoms with E-state index in [1.165, 1.54) is 0 Å². The highest BCUT2D eigenvalue weighted by molar-refractivity contribution is 9.10. The Hall–Kier alpha value is -0.700. The maximum atomic E-state index is 14.1. The van der Waals surface area contributed by atoms with Crippen LogP contribution < -0.4 is 0 Å². The summed E-state index contributed by atoms with van der Waals surface area (Å²) < 4.78 is 46.8. The molecule has 20 heavy (non-hydrogen) atoms. The fourth-order valence-electron chi connectivity index (χ4n) is 1.71. The monoisotopic (exact) mass is 386 g/mol. The lowest BCUT2D eigenvalue weighted by Gasteiger charge is -2.12. The summed E-state index contributed by atoms with van der Waals surface area (Å²) in [7, 11) is 0.818. The Kier molecular flexibility index (Phi) is 4.68. The Morgan fingerprint density at radius 1 is 1.50 bits per heavy atom. The zero-order chi connectivity index (χ0) is 14.9. The van der Waals surface area contributed by atoms with Crippen molar-refractivity contribution in [1.29, 1.82) is 0 Å². The molecular weight excluding hydrogens is 379 g/mol. The molecule has 1 atom stereocenters. The molecule has 0 amide bonds. The average Bonchev–Trinajstić information content (AvgIpc) is 2.83. The van der Waals surface area contributed by atoms with Crippen molar-refractivity contribution in [3.8, 4) is 0 Å². The standard InChI is InChI=1S/C11H9BrClFO5S/c12-6-3-8(10(14)9(4-6)20(13,16)17)11(15)19-7-1-2-18-5-7/h3-4,7H,1-2,5H2. The maximum absolute atomic E-state index is 14.1. The highest BCUT2D eigenvalue weighted by Crippen LogP contribution is 2.27. The summed E-state index contributed by atoms with van der Waals surface area (Å²) in [6, 6.07) is 2.12. The number of esters is 1.